The summed E-state index contributed by atoms with van der Waals surface area (Å²) in [7, 11) is 0. The molecule has 1 heterocycles. The van der Waals surface area contributed by atoms with Crippen molar-refractivity contribution in [1.82, 2.24) is 4.98 Å². The summed E-state index contributed by atoms with van der Waals surface area (Å²) in [5, 5.41) is 13.5. The quantitative estimate of drug-likeness (QED) is 0.144. The largest absolute Gasteiger partial charge is 0.246 e. The Hall–Kier alpha value is -6.31. The topological polar surface area (TPSA) is 12.9 Å². The van der Waals surface area contributed by atoms with Crippen LogP contribution in [0.15, 0.2) is 176 Å². The van der Waals surface area contributed by atoms with E-state index in [0.717, 1.165) is 22.2 Å². The average Bonchev–Trinajstić information content (AvgIpc) is 3.16. The van der Waals surface area contributed by atoms with Gasteiger partial charge in [-0.05, 0) is 77.5 Å². The van der Waals surface area contributed by atoms with Crippen LogP contribution in [-0.4, -0.2) is 4.98 Å². The Labute approximate surface area is 278 Å². The fraction of sp³-hybridized carbons (Fsp3) is 0. The molecule has 0 amide bonds. The fourth-order valence-corrected chi connectivity index (χ4v) is 7.81. The van der Waals surface area contributed by atoms with Gasteiger partial charge in [-0.25, -0.2) is 4.98 Å². The van der Waals surface area contributed by atoms with E-state index in [1.807, 2.05) is 0 Å². The molecular formula is C47H29N. The first kappa shape index (κ1) is 26.9. The van der Waals surface area contributed by atoms with E-state index in [-0.39, 0.29) is 0 Å². The Kier molecular flexibility index (Phi) is 5.94. The number of hydrogen-bond acceptors (Lipinski definition) is 1. The van der Waals surface area contributed by atoms with Gasteiger partial charge in [0.05, 0.1) is 11.2 Å². The van der Waals surface area contributed by atoms with Gasteiger partial charge in [0.15, 0.2) is 0 Å². The zero-order valence-electron chi connectivity index (χ0n) is 26.2. The predicted molar refractivity (Wildman–Crippen MR) is 206 cm³/mol. The van der Waals surface area contributed by atoms with Crippen LogP contribution in [0.1, 0.15) is 0 Å². The minimum Gasteiger partial charge on any atom is -0.246 e. The van der Waals surface area contributed by atoms with E-state index >= 15 is 0 Å². The van der Waals surface area contributed by atoms with Gasteiger partial charge < -0.3 is 0 Å². The van der Waals surface area contributed by atoms with Crippen LogP contribution in [0.5, 0.6) is 0 Å². The lowest BCUT2D eigenvalue weighted by Crippen LogP contribution is -1.93. The summed E-state index contributed by atoms with van der Waals surface area (Å²) in [5.41, 5.74) is 8.14. The number of benzene rings is 9. The molecule has 0 aliphatic heterocycles. The van der Waals surface area contributed by atoms with Gasteiger partial charge in [0.25, 0.3) is 0 Å². The summed E-state index contributed by atoms with van der Waals surface area (Å²) < 4.78 is 0. The summed E-state index contributed by atoms with van der Waals surface area (Å²) in [6.45, 7) is 0. The van der Waals surface area contributed by atoms with E-state index in [2.05, 4.69) is 176 Å². The second-order valence-electron chi connectivity index (χ2n) is 12.7. The second-order valence-corrected chi connectivity index (χ2v) is 12.7. The molecule has 0 spiro atoms. The molecule has 0 N–H and O–H groups in total. The Morgan fingerprint density at radius 3 is 1.46 bits per heavy atom. The fourth-order valence-electron chi connectivity index (χ4n) is 7.81. The molecule has 0 unspecified atom stereocenters. The van der Waals surface area contributed by atoms with Crippen LogP contribution in [0.25, 0.3) is 98.3 Å². The molecule has 0 atom stereocenters. The molecule has 0 saturated carbocycles. The highest BCUT2D eigenvalue weighted by atomic mass is 14.7. The highest BCUT2D eigenvalue weighted by molar-refractivity contribution is 6.23. The molecule has 1 nitrogen and oxygen atoms in total. The molecule has 1 aromatic heterocycles. The summed E-state index contributed by atoms with van der Waals surface area (Å²) >= 11 is 0. The molecule has 0 aliphatic carbocycles. The number of aromatic nitrogens is 1. The SMILES string of the molecule is c1ccc(-c2nc3c4ccccc4ccc3c3ccc(-c4c5ccccc5c(-c5ccc6ccccc6c5)c5ccccc45)cc23)cc1. The number of fused-ring (bicyclic) bond motifs is 8. The summed E-state index contributed by atoms with van der Waals surface area (Å²) in [6, 6.07) is 64.0. The normalized spacial score (nSPS) is 11.8. The van der Waals surface area contributed by atoms with Gasteiger partial charge in [0.2, 0.25) is 0 Å². The third-order valence-corrected chi connectivity index (χ3v) is 9.99. The molecule has 0 saturated heterocycles. The van der Waals surface area contributed by atoms with E-state index in [4.69, 9.17) is 4.98 Å². The predicted octanol–water partition coefficient (Wildman–Crippen LogP) is 13.0. The zero-order chi connectivity index (χ0) is 31.6. The Bertz CT molecular complexity index is 2830. The number of hydrogen-bond donors (Lipinski definition) is 0. The van der Waals surface area contributed by atoms with E-state index in [9.17, 15) is 0 Å². The lowest BCUT2D eigenvalue weighted by Gasteiger charge is -2.19. The molecule has 10 rings (SSSR count). The first-order chi connectivity index (χ1) is 23.8. The third kappa shape index (κ3) is 4.08. The molecule has 0 fully saturated rings. The van der Waals surface area contributed by atoms with Gasteiger partial charge in [-0.2, -0.15) is 0 Å². The lowest BCUT2D eigenvalue weighted by atomic mass is 9.85. The van der Waals surface area contributed by atoms with Crippen molar-refractivity contribution in [2.45, 2.75) is 0 Å². The minimum absolute atomic E-state index is 1.01. The first-order valence-electron chi connectivity index (χ1n) is 16.6. The van der Waals surface area contributed by atoms with E-state index in [1.165, 1.54) is 76.1 Å². The van der Waals surface area contributed by atoms with Gasteiger partial charge >= 0.3 is 0 Å². The molecule has 0 radical (unpaired) electrons. The maximum atomic E-state index is 5.44. The van der Waals surface area contributed by atoms with Crippen LogP contribution < -0.4 is 0 Å². The van der Waals surface area contributed by atoms with Crippen LogP contribution in [-0.2, 0) is 0 Å². The summed E-state index contributed by atoms with van der Waals surface area (Å²) in [5.74, 6) is 0. The molecule has 222 valence electrons. The monoisotopic (exact) mass is 607 g/mol. The standard InChI is InChI=1S/C47H29N/c1-2-14-32(15-3-1)46-43-29-35(25-26-37(43)42-27-24-31-13-6-7-17-36(31)47(42)48-46)45-40-20-10-8-18-38(40)44(39-19-9-11-21-41(39)45)34-23-22-30-12-4-5-16-33(30)28-34/h1-29H. The number of pyridine rings is 1. The van der Waals surface area contributed by atoms with Crippen molar-refractivity contribution in [2.24, 2.45) is 0 Å². The zero-order valence-corrected chi connectivity index (χ0v) is 26.2. The van der Waals surface area contributed by atoms with Gasteiger partial charge in [-0.3, -0.25) is 0 Å². The Morgan fingerprint density at radius 2 is 0.771 bits per heavy atom. The van der Waals surface area contributed by atoms with E-state index in [1.54, 1.807) is 0 Å². The van der Waals surface area contributed by atoms with Crippen LogP contribution in [0.4, 0.5) is 0 Å². The second kappa shape index (κ2) is 10.6. The van der Waals surface area contributed by atoms with Crippen molar-refractivity contribution in [3.8, 4) is 33.5 Å². The van der Waals surface area contributed by atoms with E-state index < -0.39 is 0 Å². The van der Waals surface area contributed by atoms with Crippen molar-refractivity contribution in [3.05, 3.63) is 176 Å². The Morgan fingerprint density at radius 1 is 0.271 bits per heavy atom. The van der Waals surface area contributed by atoms with Crippen molar-refractivity contribution in [3.63, 3.8) is 0 Å². The van der Waals surface area contributed by atoms with Gasteiger partial charge in [-0.1, -0.05) is 164 Å². The average molecular weight is 608 g/mol. The highest BCUT2D eigenvalue weighted by Crippen LogP contribution is 2.45. The minimum atomic E-state index is 1.01. The van der Waals surface area contributed by atoms with Crippen molar-refractivity contribution < 1.29 is 0 Å². The maximum absolute atomic E-state index is 5.44. The van der Waals surface area contributed by atoms with Crippen molar-refractivity contribution in [2.75, 3.05) is 0 Å². The van der Waals surface area contributed by atoms with Gasteiger partial charge in [-0.15, -0.1) is 0 Å². The number of nitrogens with zero attached hydrogens (tertiary/aromatic N) is 1. The van der Waals surface area contributed by atoms with Crippen LogP contribution in [0.2, 0.25) is 0 Å². The smallest absolute Gasteiger partial charge is 0.0794 e. The summed E-state index contributed by atoms with van der Waals surface area (Å²) in [4.78, 5) is 5.44. The van der Waals surface area contributed by atoms with Crippen LogP contribution in [0.3, 0.4) is 0 Å². The molecule has 0 aliphatic rings. The highest BCUT2D eigenvalue weighted by Gasteiger charge is 2.19. The van der Waals surface area contributed by atoms with Crippen LogP contribution in [0, 0.1) is 0 Å². The third-order valence-electron chi connectivity index (χ3n) is 9.99. The van der Waals surface area contributed by atoms with Crippen molar-refractivity contribution in [1.29, 1.82) is 0 Å². The van der Waals surface area contributed by atoms with Crippen molar-refractivity contribution >= 4 is 64.8 Å². The van der Waals surface area contributed by atoms with Crippen LogP contribution >= 0.6 is 0 Å². The van der Waals surface area contributed by atoms with Gasteiger partial charge in [0, 0.05) is 21.7 Å². The number of rotatable bonds is 3. The summed E-state index contributed by atoms with van der Waals surface area (Å²) in [6.07, 6.45) is 0. The maximum Gasteiger partial charge on any atom is 0.0794 e. The molecule has 1 heteroatoms. The van der Waals surface area contributed by atoms with E-state index in [0.29, 0.717) is 0 Å². The molecule has 9 aromatic carbocycles. The molecule has 10 aromatic rings. The van der Waals surface area contributed by atoms with Gasteiger partial charge in [0.1, 0.15) is 0 Å². The lowest BCUT2D eigenvalue weighted by molar-refractivity contribution is 1.44. The molecule has 48 heavy (non-hydrogen) atoms. The first-order valence-corrected chi connectivity index (χ1v) is 16.6. The molecule has 0 bridgehead atoms. The Balaban J connectivity index is 1.30. The molecular weight excluding hydrogens is 579 g/mol.